The first-order valence-corrected chi connectivity index (χ1v) is 7.91. The Balaban J connectivity index is 2.26. The molecule has 0 aliphatic heterocycles. The Morgan fingerprint density at radius 1 is 1.24 bits per heavy atom. The zero-order valence-corrected chi connectivity index (χ0v) is 13.7. The van der Waals surface area contributed by atoms with Gasteiger partial charge in [-0.15, -0.1) is 0 Å². The summed E-state index contributed by atoms with van der Waals surface area (Å²) in [6, 6.07) is 9.76. The highest BCUT2D eigenvalue weighted by atomic mass is 127. The maximum atomic E-state index is 12.1. The molecule has 3 rings (SSSR count). The highest BCUT2D eigenvalue weighted by molar-refractivity contribution is 14.1. The Morgan fingerprint density at radius 2 is 2.05 bits per heavy atom. The van der Waals surface area contributed by atoms with Gasteiger partial charge in [-0.25, -0.2) is 4.98 Å². The summed E-state index contributed by atoms with van der Waals surface area (Å²) in [4.78, 5) is 24.0. The van der Waals surface area contributed by atoms with Crippen LogP contribution in [0.25, 0.3) is 22.3 Å². The summed E-state index contributed by atoms with van der Waals surface area (Å²) >= 11 is 2.06. The van der Waals surface area contributed by atoms with Crippen molar-refractivity contribution in [1.29, 1.82) is 0 Å². The van der Waals surface area contributed by atoms with Gasteiger partial charge in [0.1, 0.15) is 5.82 Å². The van der Waals surface area contributed by atoms with Crippen molar-refractivity contribution in [2.24, 2.45) is 0 Å². The maximum absolute atomic E-state index is 12.1. The van der Waals surface area contributed by atoms with Crippen molar-refractivity contribution in [3.63, 3.8) is 0 Å². The van der Waals surface area contributed by atoms with Crippen LogP contribution in [0.5, 0.6) is 0 Å². The fraction of sp³-hybridized carbons (Fsp3) is 0.188. The lowest BCUT2D eigenvalue weighted by atomic mass is 10.1. The molecule has 0 radical (unpaired) electrons. The van der Waals surface area contributed by atoms with E-state index < -0.39 is 0 Å². The van der Waals surface area contributed by atoms with E-state index in [1.165, 1.54) is 0 Å². The van der Waals surface area contributed by atoms with Crippen molar-refractivity contribution in [3.05, 3.63) is 56.1 Å². The van der Waals surface area contributed by atoms with E-state index >= 15 is 0 Å². The summed E-state index contributed by atoms with van der Waals surface area (Å²) in [6.07, 6.45) is 3.51. The van der Waals surface area contributed by atoms with Gasteiger partial charge in [0.05, 0.1) is 14.8 Å². The van der Waals surface area contributed by atoms with Gasteiger partial charge in [-0.2, -0.15) is 0 Å². The lowest BCUT2D eigenvalue weighted by Crippen LogP contribution is -2.16. The number of fused-ring (bicyclic) bond motifs is 1. The summed E-state index contributed by atoms with van der Waals surface area (Å²) in [5, 5.41) is 0.992. The van der Waals surface area contributed by atoms with Gasteiger partial charge < -0.3 is 4.98 Å². The summed E-state index contributed by atoms with van der Waals surface area (Å²) in [6.45, 7) is 2.08. The monoisotopic (exact) mass is 391 g/mol. The fourth-order valence-corrected chi connectivity index (χ4v) is 2.86. The number of para-hydroxylation sites is 1. The molecule has 0 bridgehead atoms. The molecule has 0 fully saturated rings. The van der Waals surface area contributed by atoms with Crippen LogP contribution < -0.4 is 5.56 Å². The number of nitrogens with zero attached hydrogens (tertiary/aromatic N) is 2. The van der Waals surface area contributed by atoms with E-state index in [1.807, 2.05) is 30.3 Å². The molecule has 3 aromatic rings. The average molecular weight is 391 g/mol. The first kappa shape index (κ1) is 14.2. The van der Waals surface area contributed by atoms with Gasteiger partial charge in [0, 0.05) is 17.1 Å². The van der Waals surface area contributed by atoms with Crippen LogP contribution in [0.1, 0.15) is 19.0 Å². The molecule has 0 unspecified atom stereocenters. The minimum atomic E-state index is -0.0788. The van der Waals surface area contributed by atoms with E-state index in [0.717, 1.165) is 35.0 Å². The molecule has 0 aliphatic rings. The van der Waals surface area contributed by atoms with Gasteiger partial charge in [-0.3, -0.25) is 9.78 Å². The molecule has 21 heavy (non-hydrogen) atoms. The van der Waals surface area contributed by atoms with Crippen molar-refractivity contribution < 1.29 is 0 Å². The topological polar surface area (TPSA) is 58.6 Å². The quantitative estimate of drug-likeness (QED) is 0.695. The van der Waals surface area contributed by atoms with E-state index in [9.17, 15) is 4.79 Å². The number of nitrogens with one attached hydrogen (secondary N) is 1. The van der Waals surface area contributed by atoms with E-state index in [0.29, 0.717) is 9.39 Å². The molecule has 0 atom stereocenters. The molecule has 4 nitrogen and oxygen atoms in total. The molecule has 2 heterocycles. The van der Waals surface area contributed by atoms with Crippen LogP contribution in [0.15, 0.2) is 41.3 Å². The highest BCUT2D eigenvalue weighted by Gasteiger charge is 2.11. The molecule has 1 aromatic carbocycles. The number of hydrogen-bond donors (Lipinski definition) is 1. The predicted molar refractivity (Wildman–Crippen MR) is 92.3 cm³/mol. The minimum Gasteiger partial charge on any atom is -0.306 e. The predicted octanol–water partition coefficient (Wildman–Crippen LogP) is 3.54. The zero-order valence-electron chi connectivity index (χ0n) is 11.6. The Labute approximate surface area is 135 Å². The largest absolute Gasteiger partial charge is 0.306 e. The van der Waals surface area contributed by atoms with Gasteiger partial charge >= 0.3 is 0 Å². The number of rotatable bonds is 3. The molecular formula is C16H14IN3O. The summed E-state index contributed by atoms with van der Waals surface area (Å²) in [5.41, 5.74) is 2.59. The van der Waals surface area contributed by atoms with Crippen molar-refractivity contribution >= 4 is 33.5 Å². The van der Waals surface area contributed by atoms with Crippen molar-refractivity contribution in [2.75, 3.05) is 0 Å². The smallest absolute Gasteiger partial charge is 0.264 e. The Bertz CT molecular complexity index is 852. The second kappa shape index (κ2) is 5.93. The summed E-state index contributed by atoms with van der Waals surface area (Å²) < 4.78 is 0.677. The standard InChI is InChI=1S/C16H14IN3O/c1-2-5-13-14(17)16(21)20-15(19-13)11-8-9-18-12-7-4-3-6-10(11)12/h3-4,6-9H,2,5H2,1H3,(H,19,20,21). The number of hydrogen-bond acceptors (Lipinski definition) is 3. The second-order valence-corrected chi connectivity index (χ2v) is 5.88. The molecule has 0 saturated heterocycles. The van der Waals surface area contributed by atoms with E-state index in [1.54, 1.807) is 6.20 Å². The molecule has 0 saturated carbocycles. The van der Waals surface area contributed by atoms with Gasteiger partial charge in [-0.1, -0.05) is 31.5 Å². The third-order valence-corrected chi connectivity index (χ3v) is 4.43. The number of H-pyrrole nitrogens is 1. The molecule has 0 aliphatic carbocycles. The van der Waals surface area contributed by atoms with Gasteiger partial charge in [0.25, 0.3) is 5.56 Å². The van der Waals surface area contributed by atoms with Crippen LogP contribution in [0.3, 0.4) is 0 Å². The minimum absolute atomic E-state index is 0.0788. The first-order chi connectivity index (χ1) is 10.2. The average Bonchev–Trinajstić information content (AvgIpc) is 2.51. The highest BCUT2D eigenvalue weighted by Crippen LogP contribution is 2.24. The Morgan fingerprint density at radius 3 is 2.86 bits per heavy atom. The van der Waals surface area contributed by atoms with Crippen LogP contribution in [0, 0.1) is 3.57 Å². The lowest BCUT2D eigenvalue weighted by Gasteiger charge is -2.08. The molecule has 0 amide bonds. The molecule has 5 heteroatoms. The third-order valence-electron chi connectivity index (χ3n) is 3.32. The lowest BCUT2D eigenvalue weighted by molar-refractivity contribution is 0.860. The van der Waals surface area contributed by atoms with Gasteiger partial charge in [0.15, 0.2) is 0 Å². The number of benzene rings is 1. The summed E-state index contributed by atoms with van der Waals surface area (Å²) in [7, 11) is 0. The SMILES string of the molecule is CCCc1nc(-c2ccnc3ccccc23)[nH]c(=O)c1I. The molecule has 1 N–H and O–H groups in total. The zero-order chi connectivity index (χ0) is 14.8. The normalized spacial score (nSPS) is 11.0. The molecular weight excluding hydrogens is 377 g/mol. The number of pyridine rings is 1. The van der Waals surface area contributed by atoms with E-state index in [2.05, 4.69) is 44.5 Å². The number of aromatic nitrogens is 3. The maximum Gasteiger partial charge on any atom is 0.264 e. The number of aromatic amines is 1. The van der Waals surface area contributed by atoms with E-state index in [4.69, 9.17) is 0 Å². The Kier molecular flexibility index (Phi) is 4.01. The third kappa shape index (κ3) is 2.70. The Hall–Kier alpha value is -1.76. The van der Waals surface area contributed by atoms with Gasteiger partial charge in [0.2, 0.25) is 0 Å². The molecule has 0 spiro atoms. The summed E-state index contributed by atoms with van der Waals surface area (Å²) in [5.74, 6) is 0.613. The van der Waals surface area contributed by atoms with Crippen LogP contribution in [0.4, 0.5) is 0 Å². The van der Waals surface area contributed by atoms with Crippen LogP contribution in [-0.4, -0.2) is 15.0 Å². The van der Waals surface area contributed by atoms with Crippen LogP contribution >= 0.6 is 22.6 Å². The van der Waals surface area contributed by atoms with Crippen molar-refractivity contribution in [3.8, 4) is 11.4 Å². The molecule has 2 aromatic heterocycles. The second-order valence-electron chi connectivity index (χ2n) is 4.80. The van der Waals surface area contributed by atoms with Crippen molar-refractivity contribution in [2.45, 2.75) is 19.8 Å². The molecule has 106 valence electrons. The fourth-order valence-electron chi connectivity index (χ4n) is 2.34. The van der Waals surface area contributed by atoms with Crippen molar-refractivity contribution in [1.82, 2.24) is 15.0 Å². The van der Waals surface area contributed by atoms with Crippen LogP contribution in [0.2, 0.25) is 0 Å². The van der Waals surface area contributed by atoms with E-state index in [-0.39, 0.29) is 5.56 Å². The number of aryl methyl sites for hydroxylation is 1. The first-order valence-electron chi connectivity index (χ1n) is 6.83. The number of halogens is 1. The van der Waals surface area contributed by atoms with Gasteiger partial charge in [-0.05, 0) is 41.1 Å². The van der Waals surface area contributed by atoms with Crippen LogP contribution in [-0.2, 0) is 6.42 Å².